The van der Waals surface area contributed by atoms with E-state index in [1.807, 2.05) is 23.9 Å². The fraction of sp³-hybridized carbons (Fsp3) is 0.636. The van der Waals surface area contributed by atoms with Crippen LogP contribution in [0.4, 0.5) is 5.69 Å². The van der Waals surface area contributed by atoms with Crippen molar-refractivity contribution in [3.05, 3.63) is 29.8 Å². The summed E-state index contributed by atoms with van der Waals surface area (Å²) in [7, 11) is 2.08. The standard InChI is InChI=1S/C22H33N3OS.ClH/c1-15-19(25(5)21(27-15)24-17-8-6-7-9-17)14-20(26)23-18-12-10-16(11-13-18)22(2,3)4;/h10-13,15,17,19H,6-9,14H2,1-5H3,(H,23,26);1H. The predicted octanol–water partition coefficient (Wildman–Crippen LogP) is 5.47. The number of anilines is 1. The molecule has 1 aromatic rings. The fourth-order valence-corrected chi connectivity index (χ4v) is 5.13. The molecular weight excluding hydrogens is 390 g/mol. The van der Waals surface area contributed by atoms with Gasteiger partial charge in [0.05, 0.1) is 12.1 Å². The number of hydrogen-bond donors (Lipinski definition) is 1. The number of hydrogen-bond acceptors (Lipinski definition) is 3. The molecule has 1 amide bonds. The number of rotatable bonds is 4. The number of nitrogens with zero attached hydrogens (tertiary/aromatic N) is 2. The topological polar surface area (TPSA) is 44.7 Å². The monoisotopic (exact) mass is 423 g/mol. The summed E-state index contributed by atoms with van der Waals surface area (Å²) in [4.78, 5) is 19.8. The molecule has 1 aliphatic heterocycles. The van der Waals surface area contributed by atoms with Crippen LogP contribution in [0.3, 0.4) is 0 Å². The minimum Gasteiger partial charge on any atom is -0.350 e. The van der Waals surface area contributed by atoms with E-state index in [0.29, 0.717) is 17.7 Å². The number of thioether (sulfide) groups is 1. The third-order valence-electron chi connectivity index (χ3n) is 5.68. The normalized spacial score (nSPS) is 24.5. The van der Waals surface area contributed by atoms with Crippen molar-refractivity contribution in [1.82, 2.24) is 4.90 Å². The zero-order chi connectivity index (χ0) is 19.6. The number of amides is 1. The van der Waals surface area contributed by atoms with Gasteiger partial charge in [-0.2, -0.15) is 0 Å². The van der Waals surface area contributed by atoms with Gasteiger partial charge in [0.2, 0.25) is 5.91 Å². The number of amidine groups is 1. The van der Waals surface area contributed by atoms with Gasteiger partial charge in [-0.1, -0.05) is 64.4 Å². The van der Waals surface area contributed by atoms with Crippen molar-refractivity contribution in [3.8, 4) is 0 Å². The Labute approximate surface area is 180 Å². The summed E-state index contributed by atoms with van der Waals surface area (Å²) in [6.07, 6.45) is 5.51. The van der Waals surface area contributed by atoms with E-state index in [1.54, 1.807) is 0 Å². The van der Waals surface area contributed by atoms with Crippen LogP contribution in [-0.2, 0) is 10.2 Å². The van der Waals surface area contributed by atoms with E-state index >= 15 is 0 Å². The van der Waals surface area contributed by atoms with Crippen LogP contribution in [0.2, 0.25) is 0 Å². The Morgan fingerprint density at radius 2 is 1.82 bits per heavy atom. The van der Waals surface area contributed by atoms with Crippen molar-refractivity contribution in [2.24, 2.45) is 4.99 Å². The summed E-state index contributed by atoms with van der Waals surface area (Å²) in [5.74, 6) is 0.0740. The Bertz CT molecular complexity index is 693. The molecule has 0 spiro atoms. The van der Waals surface area contributed by atoms with E-state index in [2.05, 4.69) is 57.1 Å². The first-order chi connectivity index (χ1) is 12.7. The lowest BCUT2D eigenvalue weighted by atomic mass is 9.87. The second kappa shape index (κ2) is 9.53. The SMILES string of the molecule is CC1SC(=NC2CCCC2)N(C)C1CC(=O)Nc1ccc(C(C)(C)C)cc1.Cl. The van der Waals surface area contributed by atoms with E-state index in [0.717, 1.165) is 10.9 Å². The lowest BCUT2D eigenvalue weighted by Crippen LogP contribution is -2.36. The van der Waals surface area contributed by atoms with Crippen LogP contribution in [0.5, 0.6) is 0 Å². The molecule has 2 atom stereocenters. The molecule has 0 bridgehead atoms. The van der Waals surface area contributed by atoms with Crippen LogP contribution in [0.15, 0.2) is 29.3 Å². The Balaban J connectivity index is 0.00000280. The number of nitrogens with one attached hydrogen (secondary N) is 1. The highest BCUT2D eigenvalue weighted by atomic mass is 35.5. The fourth-order valence-electron chi connectivity index (χ4n) is 3.85. The van der Waals surface area contributed by atoms with Gasteiger partial charge in [0.15, 0.2) is 5.17 Å². The molecule has 1 N–H and O–H groups in total. The molecule has 1 saturated carbocycles. The highest BCUT2D eigenvalue weighted by Crippen LogP contribution is 2.34. The first kappa shape index (κ1) is 23.1. The summed E-state index contributed by atoms with van der Waals surface area (Å²) in [6.45, 7) is 8.79. The lowest BCUT2D eigenvalue weighted by molar-refractivity contribution is -0.117. The van der Waals surface area contributed by atoms with Crippen LogP contribution in [0.1, 0.15) is 65.4 Å². The average Bonchev–Trinajstić information content (AvgIpc) is 3.19. The third kappa shape index (κ3) is 5.66. The summed E-state index contributed by atoms with van der Waals surface area (Å²) >= 11 is 1.82. The minimum absolute atomic E-state index is 0. The van der Waals surface area contributed by atoms with E-state index in [1.165, 1.54) is 31.2 Å². The molecule has 1 aromatic carbocycles. The molecule has 6 heteroatoms. The van der Waals surface area contributed by atoms with E-state index in [-0.39, 0.29) is 29.8 Å². The third-order valence-corrected chi connectivity index (χ3v) is 6.97. The molecular formula is C22H34ClN3OS. The van der Waals surface area contributed by atoms with Gasteiger partial charge < -0.3 is 10.2 Å². The Kier molecular flexibility index (Phi) is 7.86. The summed E-state index contributed by atoms with van der Waals surface area (Å²) in [5, 5.41) is 4.55. The Hall–Kier alpha value is -1.20. The highest BCUT2D eigenvalue weighted by Gasteiger charge is 2.36. The quantitative estimate of drug-likeness (QED) is 0.698. The summed E-state index contributed by atoms with van der Waals surface area (Å²) < 4.78 is 0. The van der Waals surface area contributed by atoms with E-state index in [4.69, 9.17) is 4.99 Å². The molecule has 4 nitrogen and oxygen atoms in total. The largest absolute Gasteiger partial charge is 0.350 e. The van der Waals surface area contributed by atoms with Crippen molar-refractivity contribution in [1.29, 1.82) is 0 Å². The number of carbonyl (C=O) groups is 1. The molecule has 2 fully saturated rings. The molecule has 1 aliphatic carbocycles. The molecule has 156 valence electrons. The van der Waals surface area contributed by atoms with Crippen molar-refractivity contribution in [2.75, 3.05) is 12.4 Å². The van der Waals surface area contributed by atoms with Crippen LogP contribution in [0.25, 0.3) is 0 Å². The second-order valence-corrected chi connectivity index (χ2v) is 10.3. The van der Waals surface area contributed by atoms with Gasteiger partial charge in [0.25, 0.3) is 0 Å². The maximum absolute atomic E-state index is 12.6. The number of aliphatic imine (C=N–C) groups is 1. The lowest BCUT2D eigenvalue weighted by Gasteiger charge is -2.23. The van der Waals surface area contributed by atoms with Crippen molar-refractivity contribution >= 4 is 40.9 Å². The van der Waals surface area contributed by atoms with E-state index in [9.17, 15) is 4.79 Å². The van der Waals surface area contributed by atoms with Gasteiger partial charge in [-0.05, 0) is 36.0 Å². The van der Waals surface area contributed by atoms with Gasteiger partial charge in [0.1, 0.15) is 0 Å². The van der Waals surface area contributed by atoms with Crippen LogP contribution in [-0.4, -0.2) is 40.4 Å². The molecule has 3 rings (SSSR count). The molecule has 1 saturated heterocycles. The first-order valence-corrected chi connectivity index (χ1v) is 11.0. The predicted molar refractivity (Wildman–Crippen MR) is 124 cm³/mol. The Morgan fingerprint density at radius 3 is 2.39 bits per heavy atom. The van der Waals surface area contributed by atoms with Gasteiger partial charge >= 0.3 is 0 Å². The van der Waals surface area contributed by atoms with Crippen molar-refractivity contribution < 1.29 is 4.79 Å². The summed E-state index contributed by atoms with van der Waals surface area (Å²) in [5.41, 5.74) is 2.26. The zero-order valence-corrected chi connectivity index (χ0v) is 19.3. The zero-order valence-electron chi connectivity index (χ0n) is 17.7. The van der Waals surface area contributed by atoms with Crippen LogP contribution >= 0.6 is 24.2 Å². The maximum atomic E-state index is 12.6. The van der Waals surface area contributed by atoms with Gasteiger partial charge in [-0.25, -0.2) is 0 Å². The number of carbonyl (C=O) groups excluding carboxylic acids is 1. The molecule has 0 radical (unpaired) electrons. The van der Waals surface area contributed by atoms with E-state index < -0.39 is 0 Å². The minimum atomic E-state index is 0. The van der Waals surface area contributed by atoms with Crippen LogP contribution < -0.4 is 5.32 Å². The molecule has 28 heavy (non-hydrogen) atoms. The Morgan fingerprint density at radius 1 is 1.21 bits per heavy atom. The molecule has 2 aliphatic rings. The van der Waals surface area contributed by atoms with Gasteiger partial charge in [-0.15, -0.1) is 12.4 Å². The molecule has 1 heterocycles. The van der Waals surface area contributed by atoms with Crippen molar-refractivity contribution in [2.45, 2.75) is 82.5 Å². The van der Waals surface area contributed by atoms with Crippen molar-refractivity contribution in [3.63, 3.8) is 0 Å². The number of benzene rings is 1. The maximum Gasteiger partial charge on any atom is 0.226 e. The van der Waals surface area contributed by atoms with Gasteiger partial charge in [0, 0.05) is 24.4 Å². The highest BCUT2D eigenvalue weighted by molar-refractivity contribution is 8.14. The van der Waals surface area contributed by atoms with Gasteiger partial charge in [-0.3, -0.25) is 9.79 Å². The average molecular weight is 424 g/mol. The smallest absolute Gasteiger partial charge is 0.226 e. The van der Waals surface area contributed by atoms with Crippen LogP contribution in [0, 0.1) is 0 Å². The first-order valence-electron chi connectivity index (χ1n) is 10.1. The molecule has 0 aromatic heterocycles. The summed E-state index contributed by atoms with van der Waals surface area (Å²) in [6, 6.07) is 8.88. The molecule has 2 unspecified atom stereocenters. The second-order valence-electron chi connectivity index (χ2n) is 8.93. The number of halogens is 1.